The highest BCUT2D eigenvalue weighted by molar-refractivity contribution is 6.35. The van der Waals surface area contributed by atoms with Gasteiger partial charge in [-0.2, -0.15) is 0 Å². The van der Waals surface area contributed by atoms with Crippen molar-refractivity contribution in [2.24, 2.45) is 0 Å². The number of methoxy groups -OCH3 is 3. The van der Waals surface area contributed by atoms with E-state index in [1.165, 1.54) is 0 Å². The number of nitrogens with zero attached hydrogens (tertiary/aromatic N) is 3. The summed E-state index contributed by atoms with van der Waals surface area (Å²) in [6.07, 6.45) is 3.58. The fraction of sp³-hybridized carbons (Fsp3) is 0.417. The molecule has 1 fully saturated rings. The molecule has 3 heterocycles. The molecule has 0 spiro atoms. The molecule has 1 aromatic carbocycles. The van der Waals surface area contributed by atoms with Crippen LogP contribution in [0, 0.1) is 6.92 Å². The molecule has 1 aliphatic heterocycles. The molecule has 0 aliphatic carbocycles. The van der Waals surface area contributed by atoms with Gasteiger partial charge in [0.05, 0.1) is 30.5 Å². The second kappa shape index (κ2) is 8.93. The highest BCUT2D eigenvalue weighted by Gasteiger charge is 2.31. The van der Waals surface area contributed by atoms with Crippen LogP contribution < -0.4 is 14.4 Å². The molecule has 2 aromatic heterocycles. The summed E-state index contributed by atoms with van der Waals surface area (Å²) in [5, 5.41) is 2.82. The molecule has 8 heteroatoms. The zero-order valence-electron chi connectivity index (χ0n) is 19.0. The maximum absolute atomic E-state index is 6.76. The van der Waals surface area contributed by atoms with Crippen molar-refractivity contribution in [3.63, 3.8) is 0 Å². The molecule has 1 aliphatic rings. The Hall–Kier alpha value is -2.28. The molecular weight excluding hydrogens is 449 g/mol. The Morgan fingerprint density at radius 1 is 1.00 bits per heavy atom. The van der Waals surface area contributed by atoms with Crippen LogP contribution in [-0.4, -0.2) is 50.0 Å². The first-order valence-electron chi connectivity index (χ1n) is 10.5. The van der Waals surface area contributed by atoms with Gasteiger partial charge in [-0.3, -0.25) is 0 Å². The fourth-order valence-electron chi connectivity index (χ4n) is 4.23. The van der Waals surface area contributed by atoms with E-state index in [2.05, 4.69) is 16.8 Å². The molecule has 0 N–H and O–H groups in total. The van der Waals surface area contributed by atoms with Gasteiger partial charge in [0.25, 0.3) is 0 Å². The summed E-state index contributed by atoms with van der Waals surface area (Å²) >= 11 is 13.0. The monoisotopic (exact) mass is 475 g/mol. The lowest BCUT2D eigenvalue weighted by molar-refractivity contribution is -0.0133. The molecule has 4 rings (SSSR count). The van der Waals surface area contributed by atoms with E-state index in [-0.39, 0.29) is 5.60 Å². The lowest BCUT2D eigenvalue weighted by atomic mass is 9.93. The maximum Gasteiger partial charge on any atom is 0.141 e. The van der Waals surface area contributed by atoms with Crippen molar-refractivity contribution < 1.29 is 14.2 Å². The van der Waals surface area contributed by atoms with Gasteiger partial charge in [-0.05, 0) is 38.8 Å². The number of aromatic nitrogens is 2. The van der Waals surface area contributed by atoms with E-state index >= 15 is 0 Å². The molecule has 1 saturated heterocycles. The molecule has 6 nitrogen and oxygen atoms in total. The summed E-state index contributed by atoms with van der Waals surface area (Å²) in [5.74, 6) is 2.08. The number of piperidine rings is 1. The highest BCUT2D eigenvalue weighted by atomic mass is 35.5. The van der Waals surface area contributed by atoms with E-state index < -0.39 is 0 Å². The predicted octanol–water partition coefficient (Wildman–Crippen LogP) is 5.93. The molecule has 0 unspecified atom stereocenters. The fourth-order valence-corrected chi connectivity index (χ4v) is 4.76. The number of ether oxygens (including phenoxy) is 3. The first-order chi connectivity index (χ1) is 15.3. The number of hydrogen-bond donors (Lipinski definition) is 0. The minimum Gasteiger partial charge on any atom is -0.496 e. The van der Waals surface area contributed by atoms with E-state index in [0.29, 0.717) is 21.7 Å². The summed E-state index contributed by atoms with van der Waals surface area (Å²) in [7, 11) is 4.99. The predicted molar refractivity (Wildman–Crippen MR) is 130 cm³/mol. The summed E-state index contributed by atoms with van der Waals surface area (Å²) in [6.45, 7) is 5.77. The van der Waals surface area contributed by atoms with Crippen LogP contribution in [0.5, 0.6) is 11.5 Å². The van der Waals surface area contributed by atoms with Crippen molar-refractivity contribution in [1.29, 1.82) is 0 Å². The SMILES string of the molecule is COc1cc(OC)c(Cl)c(-c2cc3cnc(Cl)cc3c(N3CCC(C)(OC)CC3)n2)c1C. The van der Waals surface area contributed by atoms with Gasteiger partial charge in [0, 0.05) is 54.4 Å². The Morgan fingerprint density at radius 3 is 2.31 bits per heavy atom. The second-order valence-electron chi connectivity index (χ2n) is 8.30. The quantitative estimate of drug-likeness (QED) is 0.425. The normalized spacial score (nSPS) is 15.8. The van der Waals surface area contributed by atoms with Crippen LogP contribution in [0.2, 0.25) is 10.2 Å². The highest BCUT2D eigenvalue weighted by Crippen LogP contribution is 2.44. The molecule has 170 valence electrons. The smallest absolute Gasteiger partial charge is 0.141 e. The third-order valence-corrected chi connectivity index (χ3v) is 6.99. The van der Waals surface area contributed by atoms with Gasteiger partial charge in [0.2, 0.25) is 0 Å². The lowest BCUT2D eigenvalue weighted by Crippen LogP contribution is -2.44. The van der Waals surface area contributed by atoms with Crippen molar-refractivity contribution >= 4 is 39.8 Å². The van der Waals surface area contributed by atoms with Gasteiger partial charge in [0.1, 0.15) is 22.5 Å². The molecule has 0 amide bonds. The summed E-state index contributed by atoms with van der Waals surface area (Å²) < 4.78 is 16.8. The Morgan fingerprint density at radius 2 is 1.69 bits per heavy atom. The van der Waals surface area contributed by atoms with E-state index in [1.54, 1.807) is 33.6 Å². The molecule has 0 saturated carbocycles. The summed E-state index contributed by atoms with van der Waals surface area (Å²) in [6, 6.07) is 5.65. The second-order valence-corrected chi connectivity index (χ2v) is 9.06. The van der Waals surface area contributed by atoms with Crippen LogP contribution >= 0.6 is 23.2 Å². The van der Waals surface area contributed by atoms with Crippen molar-refractivity contribution in [1.82, 2.24) is 9.97 Å². The van der Waals surface area contributed by atoms with Gasteiger partial charge in [0.15, 0.2) is 0 Å². The minimum absolute atomic E-state index is 0.122. The number of fused-ring (bicyclic) bond motifs is 1. The zero-order chi connectivity index (χ0) is 23.0. The molecular formula is C24H27Cl2N3O3. The number of rotatable bonds is 5. The van der Waals surface area contributed by atoms with Gasteiger partial charge in [-0.25, -0.2) is 9.97 Å². The van der Waals surface area contributed by atoms with Crippen LogP contribution in [0.15, 0.2) is 24.4 Å². The Kier molecular flexibility index (Phi) is 6.39. The van der Waals surface area contributed by atoms with Gasteiger partial charge in [-0.1, -0.05) is 23.2 Å². The zero-order valence-corrected chi connectivity index (χ0v) is 20.5. The van der Waals surface area contributed by atoms with Crippen molar-refractivity contribution in [2.75, 3.05) is 39.3 Å². The van der Waals surface area contributed by atoms with E-state index in [4.69, 9.17) is 42.4 Å². The van der Waals surface area contributed by atoms with E-state index in [1.807, 2.05) is 19.1 Å². The molecule has 0 atom stereocenters. The standard InChI is InChI=1S/C24H27Cl2N3O3/c1-14-18(30-3)12-19(31-4)22(26)21(14)17-10-15-13-27-20(25)11-16(15)23(28-17)29-8-6-24(2,32-5)7-9-29/h10-13H,6-9H2,1-5H3. The topological polar surface area (TPSA) is 56.7 Å². The van der Waals surface area contributed by atoms with Gasteiger partial charge >= 0.3 is 0 Å². The number of hydrogen-bond acceptors (Lipinski definition) is 6. The Bertz CT molecular complexity index is 1130. The van der Waals surface area contributed by atoms with Crippen molar-refractivity contribution in [2.45, 2.75) is 32.3 Å². The lowest BCUT2D eigenvalue weighted by Gasteiger charge is -2.39. The van der Waals surface area contributed by atoms with Crippen LogP contribution in [-0.2, 0) is 4.74 Å². The molecule has 0 bridgehead atoms. The average Bonchev–Trinajstić information content (AvgIpc) is 2.79. The van der Waals surface area contributed by atoms with Crippen LogP contribution in [0.1, 0.15) is 25.3 Å². The van der Waals surface area contributed by atoms with Crippen molar-refractivity contribution in [3.8, 4) is 22.8 Å². The van der Waals surface area contributed by atoms with Gasteiger partial charge in [-0.15, -0.1) is 0 Å². The number of anilines is 1. The van der Waals surface area contributed by atoms with Crippen LogP contribution in [0.4, 0.5) is 5.82 Å². The van der Waals surface area contributed by atoms with E-state index in [0.717, 1.165) is 59.3 Å². The van der Waals surface area contributed by atoms with Gasteiger partial charge < -0.3 is 19.1 Å². The summed E-state index contributed by atoms with van der Waals surface area (Å²) in [4.78, 5) is 11.7. The number of halogens is 2. The number of pyridine rings is 2. The third kappa shape index (κ3) is 4.07. The van der Waals surface area contributed by atoms with E-state index in [9.17, 15) is 0 Å². The molecule has 3 aromatic rings. The maximum atomic E-state index is 6.76. The van der Waals surface area contributed by atoms with Crippen LogP contribution in [0.3, 0.4) is 0 Å². The van der Waals surface area contributed by atoms with Crippen LogP contribution in [0.25, 0.3) is 22.0 Å². The number of benzene rings is 1. The minimum atomic E-state index is -0.122. The first kappa shape index (κ1) is 22.9. The molecule has 32 heavy (non-hydrogen) atoms. The Balaban J connectivity index is 1.91. The average molecular weight is 476 g/mol. The van der Waals surface area contributed by atoms with Crippen molar-refractivity contribution in [3.05, 3.63) is 40.1 Å². The summed E-state index contributed by atoms with van der Waals surface area (Å²) in [5.41, 5.74) is 2.28. The molecule has 0 radical (unpaired) electrons. The largest absolute Gasteiger partial charge is 0.496 e. The Labute approximate surface area is 198 Å². The first-order valence-corrected chi connectivity index (χ1v) is 11.2. The third-order valence-electron chi connectivity index (χ3n) is 6.41.